The van der Waals surface area contributed by atoms with Crippen molar-refractivity contribution in [1.82, 2.24) is 0 Å². The highest BCUT2D eigenvalue weighted by molar-refractivity contribution is 7.98. The first-order chi connectivity index (χ1) is 10.1. The van der Waals surface area contributed by atoms with Crippen molar-refractivity contribution in [3.05, 3.63) is 35.9 Å². The van der Waals surface area contributed by atoms with Crippen LogP contribution in [-0.2, 0) is 10.9 Å². The summed E-state index contributed by atoms with van der Waals surface area (Å²) in [5.74, 6) is 1.49. The summed E-state index contributed by atoms with van der Waals surface area (Å²) in [5.41, 5.74) is 1.61. The van der Waals surface area contributed by atoms with Gasteiger partial charge in [0.1, 0.15) is 19.1 Å². The lowest BCUT2D eigenvalue weighted by Gasteiger charge is -2.27. The molecule has 1 heterocycles. The van der Waals surface area contributed by atoms with Gasteiger partial charge in [-0.1, -0.05) is 50.0 Å². The van der Waals surface area contributed by atoms with Gasteiger partial charge in [0.2, 0.25) is 0 Å². The minimum absolute atomic E-state index is 0.659. The topological polar surface area (TPSA) is 92.2 Å². The van der Waals surface area contributed by atoms with Crippen LogP contribution < -0.4 is 18.6 Å². The third-order valence-electron chi connectivity index (χ3n) is 3.31. The van der Waals surface area contributed by atoms with Crippen LogP contribution >= 0.6 is 0 Å². The lowest BCUT2D eigenvalue weighted by atomic mass is 10.1. The van der Waals surface area contributed by atoms with Crippen LogP contribution in [0.5, 0.6) is 0 Å². The molecule has 7 heteroatoms. The Kier molecular flexibility index (Phi) is 7.88. The monoisotopic (exact) mass is 364 g/mol. The van der Waals surface area contributed by atoms with E-state index in [9.17, 15) is 0 Å². The van der Waals surface area contributed by atoms with Crippen LogP contribution in [0, 0.1) is 10.2 Å². The van der Waals surface area contributed by atoms with Gasteiger partial charge in [0, 0.05) is 5.56 Å². The molecule has 1 aliphatic heterocycles. The van der Waals surface area contributed by atoms with Gasteiger partial charge in [0.15, 0.2) is 0 Å². The fourth-order valence-electron chi connectivity index (χ4n) is 2.68. The minimum atomic E-state index is -4.94. The average molecular weight is 365 g/mol. The van der Waals surface area contributed by atoms with Crippen molar-refractivity contribution in [1.29, 1.82) is 0 Å². The Morgan fingerprint density at radius 2 is 1.59 bits per heavy atom. The predicted octanol–water partition coefficient (Wildman–Crippen LogP) is -0.349. The second kappa shape index (κ2) is 8.68. The third-order valence-corrected chi connectivity index (χ3v) is 10.4. The van der Waals surface area contributed by atoms with E-state index < -0.39 is 18.3 Å². The van der Waals surface area contributed by atoms with Crippen molar-refractivity contribution in [2.75, 3.05) is 11.1 Å². The summed E-state index contributed by atoms with van der Waals surface area (Å²) in [6.45, 7) is 7.57. The molecule has 0 N–H and O–H groups in total. The van der Waals surface area contributed by atoms with Crippen LogP contribution in [0.3, 0.4) is 0 Å². The molecule has 2 rings (SSSR count). The summed E-state index contributed by atoms with van der Waals surface area (Å²) in [6.07, 6.45) is 4.34. The number of hydrogen-bond donors (Lipinski definition) is 0. The molecular weight excluding hydrogens is 340 g/mol. The Balaban J connectivity index is 0.000000422. The summed E-state index contributed by atoms with van der Waals surface area (Å²) in [6, 6.07) is 11.3. The molecule has 1 fully saturated rings. The molecule has 1 unspecified atom stereocenters. The third kappa shape index (κ3) is 9.15. The maximum atomic E-state index is 8.49. The van der Waals surface area contributed by atoms with E-state index in [1.54, 1.807) is 5.56 Å². The number of halogens is 1. The summed E-state index contributed by atoms with van der Waals surface area (Å²) >= 11 is 0. The average Bonchev–Trinajstić information content (AvgIpc) is 2.36. The maximum Gasteiger partial charge on any atom is 0.142 e. The van der Waals surface area contributed by atoms with Gasteiger partial charge in [0.05, 0.1) is 5.38 Å². The summed E-state index contributed by atoms with van der Waals surface area (Å²) in [5, 5.41) is 2.41. The minimum Gasteiger partial charge on any atom is -0.222 e. The van der Waals surface area contributed by atoms with E-state index in [1.165, 1.54) is 30.4 Å². The Morgan fingerprint density at radius 3 is 2.09 bits per heavy atom. The second-order valence-corrected chi connectivity index (χ2v) is 15.8. The van der Waals surface area contributed by atoms with E-state index in [-0.39, 0.29) is 0 Å². The van der Waals surface area contributed by atoms with E-state index in [0.29, 0.717) is 10.9 Å². The zero-order chi connectivity index (χ0) is 16.8. The molecule has 0 bridgehead atoms. The molecule has 0 radical (unpaired) electrons. The molecule has 1 aromatic carbocycles. The first-order valence-corrected chi connectivity index (χ1v) is 14.0. The molecule has 126 valence electrons. The molecule has 1 saturated heterocycles. The molecule has 1 aromatic rings. The fourth-order valence-corrected chi connectivity index (χ4v) is 10.4. The first-order valence-electron chi connectivity index (χ1n) is 7.39. The smallest absolute Gasteiger partial charge is 0.142 e. The summed E-state index contributed by atoms with van der Waals surface area (Å²) in [4.78, 5) is 0. The van der Waals surface area contributed by atoms with Crippen LogP contribution in [0.1, 0.15) is 30.1 Å². The van der Waals surface area contributed by atoms with E-state index in [0.717, 1.165) is 5.25 Å². The van der Waals surface area contributed by atoms with E-state index in [4.69, 9.17) is 18.6 Å². The van der Waals surface area contributed by atoms with E-state index >= 15 is 0 Å². The molecule has 0 spiro atoms. The van der Waals surface area contributed by atoms with Crippen molar-refractivity contribution in [2.24, 2.45) is 0 Å². The molecule has 0 aromatic heterocycles. The van der Waals surface area contributed by atoms with Gasteiger partial charge in [-0.3, -0.25) is 0 Å². The summed E-state index contributed by atoms with van der Waals surface area (Å²) in [7, 11) is -5.19. The fraction of sp³-hybridized carbons (Fsp3) is 0.600. The zero-order valence-electron chi connectivity index (χ0n) is 13.4. The van der Waals surface area contributed by atoms with Crippen molar-refractivity contribution in [3.63, 3.8) is 0 Å². The van der Waals surface area contributed by atoms with Gasteiger partial charge >= 0.3 is 0 Å². The lowest BCUT2D eigenvalue weighted by molar-refractivity contribution is -2.00. The van der Waals surface area contributed by atoms with Gasteiger partial charge in [0.25, 0.3) is 0 Å². The molecule has 0 amide bonds. The van der Waals surface area contributed by atoms with Gasteiger partial charge < -0.3 is 0 Å². The molecule has 0 saturated carbocycles. The molecule has 0 aliphatic carbocycles. The largest absolute Gasteiger partial charge is 0.222 e. The molecule has 22 heavy (non-hydrogen) atoms. The predicted molar refractivity (Wildman–Crippen MR) is 83.5 cm³/mol. The second-order valence-electron chi connectivity index (χ2n) is 6.72. The first kappa shape index (κ1) is 20.0. The Bertz CT molecular complexity index is 427. The van der Waals surface area contributed by atoms with Crippen molar-refractivity contribution in [3.8, 4) is 0 Å². The van der Waals surface area contributed by atoms with Gasteiger partial charge in [-0.2, -0.15) is 0 Å². The van der Waals surface area contributed by atoms with Crippen LogP contribution in [0.15, 0.2) is 30.3 Å². The Morgan fingerprint density at radius 1 is 1.05 bits per heavy atom. The highest BCUT2D eigenvalue weighted by Crippen LogP contribution is 2.36. The van der Waals surface area contributed by atoms with Crippen LogP contribution in [-0.4, -0.2) is 19.2 Å². The normalized spacial score (nSPS) is 22.7. The highest BCUT2D eigenvalue weighted by atomic mass is 35.7. The SMILES string of the molecule is C[Si](C)(C)C[S+]1CCCC[C@@H]1c1ccccc1.[O-][Cl+3]([O-])([O-])[O-]. The highest BCUT2D eigenvalue weighted by Gasteiger charge is 2.38. The molecule has 2 atom stereocenters. The molecular formula is C15H25ClO4SSi. The van der Waals surface area contributed by atoms with Gasteiger partial charge in [-0.05, 0) is 30.2 Å². The van der Waals surface area contributed by atoms with Gasteiger partial charge in [-0.25, -0.2) is 18.6 Å². The Hall–Kier alpha value is -0.0831. The Labute approximate surface area is 139 Å². The zero-order valence-corrected chi connectivity index (χ0v) is 16.0. The van der Waals surface area contributed by atoms with Crippen LogP contribution in [0.4, 0.5) is 0 Å². The number of benzene rings is 1. The van der Waals surface area contributed by atoms with E-state index in [2.05, 4.69) is 50.0 Å². The molecule has 1 aliphatic rings. The number of hydrogen-bond acceptors (Lipinski definition) is 4. The number of rotatable bonds is 3. The van der Waals surface area contributed by atoms with Gasteiger partial charge in [-0.15, -0.1) is 10.2 Å². The lowest BCUT2D eigenvalue weighted by Crippen LogP contribution is -2.68. The van der Waals surface area contributed by atoms with Crippen molar-refractivity contribution >= 4 is 19.0 Å². The van der Waals surface area contributed by atoms with Crippen molar-refractivity contribution in [2.45, 2.75) is 44.2 Å². The quantitative estimate of drug-likeness (QED) is 0.541. The van der Waals surface area contributed by atoms with Crippen LogP contribution in [0.25, 0.3) is 0 Å². The van der Waals surface area contributed by atoms with Crippen molar-refractivity contribution < 1.29 is 28.9 Å². The van der Waals surface area contributed by atoms with E-state index in [1.807, 2.05) is 0 Å². The summed E-state index contributed by atoms with van der Waals surface area (Å²) < 4.78 is 34.0. The molecule has 4 nitrogen and oxygen atoms in total. The maximum absolute atomic E-state index is 8.49. The standard InChI is InChI=1S/C15H25SSi.ClHO4/c1-17(2,3)13-16-12-8-7-11-15(16)14-9-5-4-6-10-14;2-1(3,4)5/h4-6,9-10,15H,7-8,11-13H2,1-3H3;(H,2,3,4,5)/q+1;/p-1/t15-,16?;/m1./s1. The van der Waals surface area contributed by atoms with Crippen LogP contribution in [0.2, 0.25) is 19.6 Å².